The third-order valence-electron chi connectivity index (χ3n) is 8.26. The topological polar surface area (TPSA) is 60.4 Å². The fourth-order valence-corrected chi connectivity index (χ4v) is 6.41. The summed E-state index contributed by atoms with van der Waals surface area (Å²) in [6.45, 7) is 3.32. The van der Waals surface area contributed by atoms with Crippen LogP contribution in [-0.4, -0.2) is 47.9 Å². The van der Waals surface area contributed by atoms with Crippen molar-refractivity contribution in [2.45, 2.75) is 56.9 Å². The van der Waals surface area contributed by atoms with Crippen LogP contribution in [0.5, 0.6) is 0 Å². The van der Waals surface area contributed by atoms with Gasteiger partial charge in [0.2, 0.25) is 0 Å². The highest BCUT2D eigenvalue weighted by atomic mass is 19.4. The molecule has 0 N–H and O–H groups in total. The minimum Gasteiger partial charge on any atom is -0.320 e. The monoisotopic (exact) mass is 542 g/mol. The summed E-state index contributed by atoms with van der Waals surface area (Å²) in [5.41, 5.74) is -0.218. The molecule has 0 radical (unpaired) electrons. The molecule has 4 aromatic rings. The van der Waals surface area contributed by atoms with Crippen molar-refractivity contribution >= 4 is 5.52 Å². The maximum absolute atomic E-state index is 14.2. The van der Waals surface area contributed by atoms with Gasteiger partial charge in [0.25, 0.3) is 0 Å². The van der Waals surface area contributed by atoms with Gasteiger partial charge in [-0.1, -0.05) is 19.1 Å². The van der Waals surface area contributed by atoms with Crippen molar-refractivity contribution in [2.24, 2.45) is 13.0 Å². The molecule has 1 saturated heterocycles. The highest BCUT2D eigenvalue weighted by Crippen LogP contribution is 2.51. The first kappa shape index (κ1) is 25.8. The van der Waals surface area contributed by atoms with Crippen LogP contribution in [-0.2, 0) is 25.2 Å². The quantitative estimate of drug-likeness (QED) is 0.337. The smallest absolute Gasteiger partial charge is 0.320 e. The molecule has 7 nitrogen and oxygen atoms in total. The second-order valence-corrected chi connectivity index (χ2v) is 11.2. The summed E-state index contributed by atoms with van der Waals surface area (Å²) >= 11 is 0. The molecule has 2 aliphatic rings. The summed E-state index contributed by atoms with van der Waals surface area (Å²) in [6.07, 6.45) is 1.30. The normalized spacial score (nSPS) is 22.9. The highest BCUT2D eigenvalue weighted by molar-refractivity contribution is 5.58. The molecule has 0 amide bonds. The molecule has 0 bridgehead atoms. The maximum Gasteiger partial charge on any atom is 0.418 e. The van der Waals surface area contributed by atoms with Gasteiger partial charge in [0.05, 0.1) is 22.2 Å². The molecule has 0 spiro atoms. The van der Waals surface area contributed by atoms with Crippen LogP contribution in [0.1, 0.15) is 55.1 Å². The number of halogens is 4. The van der Waals surface area contributed by atoms with Crippen LogP contribution in [0.25, 0.3) is 11.2 Å². The summed E-state index contributed by atoms with van der Waals surface area (Å²) < 4.78 is 60.3. The van der Waals surface area contributed by atoms with Gasteiger partial charge in [-0.05, 0) is 60.9 Å². The number of imidazole rings is 1. The first-order chi connectivity index (χ1) is 18.5. The van der Waals surface area contributed by atoms with Crippen molar-refractivity contribution in [3.63, 3.8) is 0 Å². The number of alkyl halides is 4. The van der Waals surface area contributed by atoms with Crippen LogP contribution < -0.4 is 5.69 Å². The first-order valence-corrected chi connectivity index (χ1v) is 13.2. The predicted octanol–water partition coefficient (Wildman–Crippen LogP) is 4.89. The summed E-state index contributed by atoms with van der Waals surface area (Å²) in [5, 5.41) is 8.42. The van der Waals surface area contributed by atoms with Crippen molar-refractivity contribution in [2.75, 3.05) is 13.1 Å². The number of nitrogens with zero attached hydrogens (tertiary/aromatic N) is 6. The van der Waals surface area contributed by atoms with Crippen LogP contribution >= 0.6 is 0 Å². The van der Waals surface area contributed by atoms with Gasteiger partial charge in [-0.2, -0.15) is 13.2 Å². The van der Waals surface area contributed by atoms with E-state index >= 15 is 0 Å². The van der Waals surface area contributed by atoms with E-state index < -0.39 is 23.6 Å². The van der Waals surface area contributed by atoms with E-state index in [1.165, 1.54) is 17.0 Å². The zero-order valence-electron chi connectivity index (χ0n) is 21.8. The Bertz CT molecular complexity index is 1570. The molecule has 206 valence electrons. The van der Waals surface area contributed by atoms with E-state index in [0.717, 1.165) is 34.7 Å². The molecule has 1 aliphatic carbocycles. The fraction of sp³-hybridized carbons (Fsp3) is 0.464. The van der Waals surface area contributed by atoms with Crippen LogP contribution in [0.15, 0.2) is 53.8 Å². The summed E-state index contributed by atoms with van der Waals surface area (Å²) in [5.74, 6) is 1.31. The van der Waals surface area contributed by atoms with Gasteiger partial charge in [0.15, 0.2) is 0 Å². The van der Waals surface area contributed by atoms with Crippen molar-refractivity contribution in [3.05, 3.63) is 82.1 Å². The van der Waals surface area contributed by atoms with Crippen LogP contribution in [0.3, 0.4) is 0 Å². The summed E-state index contributed by atoms with van der Waals surface area (Å²) in [4.78, 5) is 15.5. The first-order valence-electron chi connectivity index (χ1n) is 13.2. The minimum absolute atomic E-state index is 0.204. The van der Waals surface area contributed by atoms with E-state index in [4.69, 9.17) is 0 Å². The standard InChI is InChI=1S/C28H30F4N6O/c1-18-12-27(13-18,25-34-33-17-35(25)2)20-4-3-5-22(11-20)37-16-24-23(28(30,31)32)10-19(15-38(24)26(37)39)14-36-8-6-21(29)7-9-36/h3-5,10-11,15-18,21H,6-9,12-14H2,1-2H3/t18-,27+. The number of benzene rings is 1. The van der Waals surface area contributed by atoms with Gasteiger partial charge in [-0.3, -0.25) is 13.9 Å². The van der Waals surface area contributed by atoms with Gasteiger partial charge < -0.3 is 4.57 Å². The molecule has 1 saturated carbocycles. The lowest BCUT2D eigenvalue weighted by Crippen LogP contribution is -2.43. The van der Waals surface area contributed by atoms with Crippen LogP contribution in [0.2, 0.25) is 0 Å². The van der Waals surface area contributed by atoms with Crippen molar-refractivity contribution in [3.8, 4) is 5.69 Å². The molecule has 1 aromatic carbocycles. The highest BCUT2D eigenvalue weighted by Gasteiger charge is 2.48. The minimum atomic E-state index is -4.65. The lowest BCUT2D eigenvalue weighted by atomic mass is 9.58. The Kier molecular flexibility index (Phi) is 6.16. The van der Waals surface area contributed by atoms with Crippen LogP contribution in [0.4, 0.5) is 17.6 Å². The molecule has 39 heavy (non-hydrogen) atoms. The molecule has 6 rings (SSSR count). The van der Waals surface area contributed by atoms with Gasteiger partial charge >= 0.3 is 11.9 Å². The maximum atomic E-state index is 14.2. The molecule has 11 heteroatoms. The fourth-order valence-electron chi connectivity index (χ4n) is 6.41. The Labute approximate surface area is 222 Å². The molecular weight excluding hydrogens is 512 g/mol. The van der Waals surface area contributed by atoms with E-state index in [2.05, 4.69) is 17.1 Å². The average molecular weight is 543 g/mol. The molecule has 1 aliphatic heterocycles. The molecule has 0 unspecified atom stereocenters. The number of likely N-dealkylation sites (tertiary alicyclic amines) is 1. The lowest BCUT2D eigenvalue weighted by molar-refractivity contribution is -0.136. The van der Waals surface area contributed by atoms with Crippen molar-refractivity contribution < 1.29 is 17.6 Å². The van der Waals surface area contributed by atoms with Crippen molar-refractivity contribution in [1.29, 1.82) is 0 Å². The third-order valence-corrected chi connectivity index (χ3v) is 8.26. The molecule has 0 atom stereocenters. The largest absolute Gasteiger partial charge is 0.418 e. The van der Waals surface area contributed by atoms with Gasteiger partial charge in [0, 0.05) is 39.1 Å². The number of aromatic nitrogens is 5. The Morgan fingerprint density at radius 1 is 1.10 bits per heavy atom. The Morgan fingerprint density at radius 2 is 1.85 bits per heavy atom. The van der Waals surface area contributed by atoms with Gasteiger partial charge in [-0.25, -0.2) is 9.18 Å². The van der Waals surface area contributed by atoms with E-state index in [1.54, 1.807) is 12.4 Å². The second-order valence-electron chi connectivity index (χ2n) is 11.2. The molecular formula is C28H30F4N6O. The Hall–Kier alpha value is -3.47. The Balaban J connectivity index is 1.43. The number of piperidine rings is 1. The Morgan fingerprint density at radius 3 is 2.49 bits per heavy atom. The zero-order chi connectivity index (χ0) is 27.5. The van der Waals surface area contributed by atoms with Gasteiger partial charge in [0.1, 0.15) is 18.3 Å². The third kappa shape index (κ3) is 4.46. The van der Waals surface area contributed by atoms with Gasteiger partial charge in [-0.15, -0.1) is 10.2 Å². The second kappa shape index (κ2) is 9.32. The molecule has 2 fully saturated rings. The predicted molar refractivity (Wildman–Crippen MR) is 138 cm³/mol. The summed E-state index contributed by atoms with van der Waals surface area (Å²) in [7, 11) is 1.89. The number of rotatable bonds is 5. The number of hydrogen-bond donors (Lipinski definition) is 0. The molecule has 4 heterocycles. The number of hydrogen-bond acceptors (Lipinski definition) is 4. The SMILES string of the molecule is Cn1cnnc1[C@]1(c2cccc(-n3cc4c(C(F)(F)F)cc(CN5CCC(F)CC5)cn4c3=O)c2)C[C@H](C)C1. The van der Waals surface area contributed by atoms with Crippen LogP contribution in [0, 0.1) is 5.92 Å². The van der Waals surface area contributed by atoms with E-state index in [0.29, 0.717) is 43.1 Å². The number of aryl methyl sites for hydroxylation is 1. The lowest BCUT2D eigenvalue weighted by Gasteiger charge is -2.46. The molecule has 3 aromatic heterocycles. The van der Waals surface area contributed by atoms with E-state index in [1.807, 2.05) is 34.7 Å². The van der Waals surface area contributed by atoms with Crippen molar-refractivity contribution in [1.82, 2.24) is 28.6 Å². The number of pyridine rings is 1. The summed E-state index contributed by atoms with van der Waals surface area (Å²) in [6, 6.07) is 8.51. The van der Waals surface area contributed by atoms with E-state index in [9.17, 15) is 22.4 Å². The average Bonchev–Trinajstić information content (AvgIpc) is 3.45. The van der Waals surface area contributed by atoms with E-state index in [-0.39, 0.29) is 17.5 Å². The number of fused-ring (bicyclic) bond motifs is 1. The zero-order valence-corrected chi connectivity index (χ0v) is 21.8.